The highest BCUT2D eigenvalue weighted by Gasteiger charge is 2.07. The van der Waals surface area contributed by atoms with Crippen molar-refractivity contribution in [2.75, 3.05) is 23.4 Å². The minimum atomic E-state index is -0.363. The average molecular weight is 271 g/mol. The maximum absolute atomic E-state index is 13.0. The summed E-state index contributed by atoms with van der Waals surface area (Å²) in [6.45, 7) is 3.86. The number of aryl methyl sites for hydroxylation is 1. The van der Waals surface area contributed by atoms with Crippen molar-refractivity contribution in [2.45, 2.75) is 13.8 Å². The first-order valence-electron chi connectivity index (χ1n) is 5.77. The second-order valence-corrected chi connectivity index (χ2v) is 5.34. The highest BCUT2D eigenvalue weighted by molar-refractivity contribution is 7.99. The lowest BCUT2D eigenvalue weighted by molar-refractivity contribution is -0.113. The molecule has 0 spiro atoms. The van der Waals surface area contributed by atoms with E-state index in [0.717, 1.165) is 11.3 Å². The third kappa shape index (κ3) is 5.06. The number of hydrogen-bond acceptors (Lipinski definition) is 3. The van der Waals surface area contributed by atoms with Gasteiger partial charge in [-0.25, -0.2) is 4.39 Å². The molecule has 0 aliphatic heterocycles. The molecule has 0 heterocycles. The van der Waals surface area contributed by atoms with Crippen LogP contribution in [-0.2, 0) is 4.79 Å². The lowest BCUT2D eigenvalue weighted by atomic mass is 10.2. The van der Waals surface area contributed by atoms with Crippen molar-refractivity contribution in [1.82, 2.24) is 0 Å². The predicted molar refractivity (Wildman–Crippen MR) is 73.3 cm³/mol. The van der Waals surface area contributed by atoms with Crippen molar-refractivity contribution in [3.63, 3.8) is 0 Å². The third-order valence-electron chi connectivity index (χ3n) is 2.42. The summed E-state index contributed by atoms with van der Waals surface area (Å²) < 4.78 is 13.0. The summed E-state index contributed by atoms with van der Waals surface area (Å²) in [4.78, 5) is 11.6. The van der Waals surface area contributed by atoms with Crippen LogP contribution in [-0.4, -0.2) is 29.1 Å². The van der Waals surface area contributed by atoms with Crippen LogP contribution < -0.4 is 5.32 Å². The number of hydrogen-bond donors (Lipinski definition) is 2. The first kappa shape index (κ1) is 15.0. The van der Waals surface area contributed by atoms with Gasteiger partial charge in [0.25, 0.3) is 0 Å². The molecule has 3 nitrogen and oxygen atoms in total. The van der Waals surface area contributed by atoms with Crippen molar-refractivity contribution in [3.05, 3.63) is 29.6 Å². The number of carbonyl (C=O) groups is 1. The number of benzene rings is 1. The maximum atomic E-state index is 13.0. The molecule has 1 unspecified atom stereocenters. The zero-order valence-corrected chi connectivity index (χ0v) is 11.4. The van der Waals surface area contributed by atoms with Gasteiger partial charge in [0.15, 0.2) is 0 Å². The number of halogens is 1. The summed E-state index contributed by atoms with van der Waals surface area (Å²) in [7, 11) is 0. The quantitative estimate of drug-likeness (QED) is 0.835. The fourth-order valence-corrected chi connectivity index (χ4v) is 2.20. The standard InChI is InChI=1S/C13H18FNO2S/c1-9(6-16)7-18-8-13(17)15-12-5-11(14)4-3-10(12)2/h3-5,9,16H,6-8H2,1-2H3,(H,15,17). The van der Waals surface area contributed by atoms with E-state index in [9.17, 15) is 9.18 Å². The smallest absolute Gasteiger partial charge is 0.234 e. The molecule has 5 heteroatoms. The number of aliphatic hydroxyl groups excluding tert-OH is 1. The Morgan fingerprint density at radius 2 is 2.28 bits per heavy atom. The van der Waals surface area contributed by atoms with Gasteiger partial charge < -0.3 is 10.4 Å². The van der Waals surface area contributed by atoms with Crippen molar-refractivity contribution in [2.24, 2.45) is 5.92 Å². The van der Waals surface area contributed by atoms with E-state index in [2.05, 4.69) is 5.32 Å². The van der Waals surface area contributed by atoms with Crippen molar-refractivity contribution in [3.8, 4) is 0 Å². The Bertz CT molecular complexity index is 412. The number of carbonyl (C=O) groups excluding carboxylic acids is 1. The predicted octanol–water partition coefficient (Wildman–Crippen LogP) is 2.43. The molecule has 0 saturated carbocycles. The fraction of sp³-hybridized carbons (Fsp3) is 0.462. The van der Waals surface area contributed by atoms with Gasteiger partial charge in [-0.3, -0.25) is 4.79 Å². The summed E-state index contributed by atoms with van der Waals surface area (Å²) in [6.07, 6.45) is 0. The van der Waals surface area contributed by atoms with Crippen molar-refractivity contribution in [1.29, 1.82) is 0 Å². The Hall–Kier alpha value is -1.07. The zero-order chi connectivity index (χ0) is 13.5. The van der Waals surface area contributed by atoms with E-state index in [-0.39, 0.29) is 24.2 Å². The molecule has 0 saturated heterocycles. The molecule has 0 aliphatic carbocycles. The summed E-state index contributed by atoms with van der Waals surface area (Å²) in [5.74, 6) is 0.696. The zero-order valence-electron chi connectivity index (χ0n) is 10.6. The minimum absolute atomic E-state index is 0.123. The SMILES string of the molecule is Cc1ccc(F)cc1NC(=O)CSCC(C)CO. The molecular weight excluding hydrogens is 253 g/mol. The molecule has 18 heavy (non-hydrogen) atoms. The summed E-state index contributed by atoms with van der Waals surface area (Å²) in [5.41, 5.74) is 1.34. The van der Waals surface area contributed by atoms with E-state index >= 15 is 0 Å². The minimum Gasteiger partial charge on any atom is -0.396 e. The van der Waals surface area contributed by atoms with Gasteiger partial charge in [0.05, 0.1) is 5.75 Å². The van der Waals surface area contributed by atoms with Crippen molar-refractivity contribution < 1.29 is 14.3 Å². The van der Waals surface area contributed by atoms with Crippen LogP contribution in [0.2, 0.25) is 0 Å². The molecule has 0 radical (unpaired) electrons. The number of aliphatic hydroxyl groups is 1. The van der Waals surface area contributed by atoms with Gasteiger partial charge in [-0.15, -0.1) is 0 Å². The second kappa shape index (κ2) is 7.38. The number of thioether (sulfide) groups is 1. The fourth-order valence-electron chi connectivity index (χ4n) is 1.32. The molecule has 1 rings (SSSR count). The lowest BCUT2D eigenvalue weighted by Crippen LogP contribution is -2.16. The van der Waals surface area contributed by atoms with E-state index in [1.54, 1.807) is 6.07 Å². The van der Waals surface area contributed by atoms with Gasteiger partial charge >= 0.3 is 0 Å². The van der Waals surface area contributed by atoms with Crippen LogP contribution >= 0.6 is 11.8 Å². The number of rotatable bonds is 6. The highest BCUT2D eigenvalue weighted by Crippen LogP contribution is 2.16. The van der Waals surface area contributed by atoms with E-state index < -0.39 is 0 Å². The monoisotopic (exact) mass is 271 g/mol. The van der Waals surface area contributed by atoms with Crippen LogP contribution in [0.1, 0.15) is 12.5 Å². The van der Waals surface area contributed by atoms with Crippen LogP contribution in [0.25, 0.3) is 0 Å². The number of anilines is 1. The Kier molecular flexibility index (Phi) is 6.15. The summed E-state index contributed by atoms with van der Waals surface area (Å²) >= 11 is 1.46. The van der Waals surface area contributed by atoms with E-state index in [1.807, 2.05) is 13.8 Å². The number of amides is 1. The Labute approximate surface area is 111 Å². The van der Waals surface area contributed by atoms with Crippen LogP contribution in [0.5, 0.6) is 0 Å². The molecular formula is C13H18FNO2S. The Balaban J connectivity index is 2.42. The van der Waals surface area contributed by atoms with Gasteiger partial charge in [0, 0.05) is 12.3 Å². The lowest BCUT2D eigenvalue weighted by Gasteiger charge is -2.09. The van der Waals surface area contributed by atoms with Gasteiger partial charge in [-0.1, -0.05) is 13.0 Å². The number of nitrogens with one attached hydrogen (secondary N) is 1. The Morgan fingerprint density at radius 3 is 2.94 bits per heavy atom. The Morgan fingerprint density at radius 1 is 1.56 bits per heavy atom. The van der Waals surface area contributed by atoms with Crippen LogP contribution in [0.15, 0.2) is 18.2 Å². The molecule has 0 aromatic heterocycles. The molecule has 1 atom stereocenters. The normalized spacial score (nSPS) is 12.2. The van der Waals surface area contributed by atoms with E-state index in [1.165, 1.54) is 23.9 Å². The van der Waals surface area contributed by atoms with Gasteiger partial charge in [-0.05, 0) is 36.3 Å². The first-order chi connectivity index (χ1) is 8.52. The second-order valence-electron chi connectivity index (χ2n) is 4.31. The van der Waals surface area contributed by atoms with E-state index in [0.29, 0.717) is 11.4 Å². The molecule has 0 bridgehead atoms. The van der Waals surface area contributed by atoms with Gasteiger partial charge in [0.2, 0.25) is 5.91 Å². The topological polar surface area (TPSA) is 49.3 Å². The van der Waals surface area contributed by atoms with Crippen LogP contribution in [0.4, 0.5) is 10.1 Å². The summed E-state index contributed by atoms with van der Waals surface area (Å²) in [5, 5.41) is 11.5. The maximum Gasteiger partial charge on any atom is 0.234 e. The van der Waals surface area contributed by atoms with Gasteiger partial charge in [0.1, 0.15) is 5.82 Å². The van der Waals surface area contributed by atoms with Gasteiger partial charge in [-0.2, -0.15) is 11.8 Å². The third-order valence-corrected chi connectivity index (χ3v) is 3.69. The molecule has 2 N–H and O–H groups in total. The largest absolute Gasteiger partial charge is 0.396 e. The molecule has 1 aromatic carbocycles. The highest BCUT2D eigenvalue weighted by atomic mass is 32.2. The van der Waals surface area contributed by atoms with E-state index in [4.69, 9.17) is 5.11 Å². The molecule has 100 valence electrons. The molecule has 1 aromatic rings. The van der Waals surface area contributed by atoms with Crippen LogP contribution in [0.3, 0.4) is 0 Å². The molecule has 0 aliphatic rings. The first-order valence-corrected chi connectivity index (χ1v) is 6.93. The van der Waals surface area contributed by atoms with Crippen molar-refractivity contribution >= 4 is 23.4 Å². The molecule has 1 amide bonds. The molecule has 0 fully saturated rings. The average Bonchev–Trinajstić information content (AvgIpc) is 2.33. The van der Waals surface area contributed by atoms with Crippen LogP contribution in [0, 0.1) is 18.7 Å². The summed E-state index contributed by atoms with van der Waals surface area (Å²) in [6, 6.07) is 4.31.